The van der Waals surface area contributed by atoms with Gasteiger partial charge in [0.1, 0.15) is 0 Å². The van der Waals surface area contributed by atoms with Crippen LogP contribution in [0.3, 0.4) is 0 Å². The van der Waals surface area contributed by atoms with Crippen LogP contribution in [0.25, 0.3) is 0 Å². The molecule has 0 aliphatic heterocycles. The van der Waals surface area contributed by atoms with E-state index in [2.05, 4.69) is 10.0 Å². The summed E-state index contributed by atoms with van der Waals surface area (Å²) in [6, 6.07) is 1.16. The average Bonchev–Trinajstić information content (AvgIpc) is 2.41. The minimum absolute atomic E-state index is 0.278. The van der Waals surface area contributed by atoms with Gasteiger partial charge in [0.15, 0.2) is 0 Å². The lowest BCUT2D eigenvalue weighted by Crippen LogP contribution is -2.45. The zero-order valence-corrected chi connectivity index (χ0v) is 15.0. The van der Waals surface area contributed by atoms with Gasteiger partial charge in [-0.1, -0.05) is 13.0 Å². The van der Waals surface area contributed by atoms with Gasteiger partial charge in [0, 0.05) is 6.54 Å². The Kier molecular flexibility index (Phi) is 6.14. The summed E-state index contributed by atoms with van der Waals surface area (Å²) in [7, 11) is -3.75. The second-order valence-electron chi connectivity index (χ2n) is 5.72. The minimum Gasteiger partial charge on any atom is -0.355 e. The second-order valence-corrected chi connectivity index (χ2v) is 7.37. The normalized spacial score (nSPS) is 13.0. The van der Waals surface area contributed by atoms with E-state index in [1.165, 1.54) is 0 Å². The molecule has 22 heavy (non-hydrogen) atoms. The lowest BCUT2D eigenvalue weighted by Gasteiger charge is -2.19. The monoisotopic (exact) mass is 326 g/mol. The molecule has 0 aliphatic carbocycles. The van der Waals surface area contributed by atoms with Crippen molar-refractivity contribution in [1.29, 1.82) is 0 Å². The molecule has 1 aromatic carbocycles. The number of carbonyl (C=O) groups excluding carboxylic acids is 1. The van der Waals surface area contributed by atoms with Crippen LogP contribution < -0.4 is 10.0 Å². The highest BCUT2D eigenvalue weighted by molar-refractivity contribution is 7.89. The van der Waals surface area contributed by atoms with Gasteiger partial charge in [0.05, 0.1) is 10.9 Å². The Morgan fingerprint density at radius 1 is 1.14 bits per heavy atom. The first kappa shape index (κ1) is 18.6. The van der Waals surface area contributed by atoms with Crippen LogP contribution in [0.1, 0.15) is 42.5 Å². The van der Waals surface area contributed by atoms with Gasteiger partial charge < -0.3 is 5.32 Å². The molecule has 0 spiro atoms. The molecule has 0 fully saturated rings. The average molecular weight is 326 g/mol. The van der Waals surface area contributed by atoms with E-state index in [1.54, 1.807) is 20.8 Å². The van der Waals surface area contributed by atoms with Crippen molar-refractivity contribution < 1.29 is 13.2 Å². The summed E-state index contributed by atoms with van der Waals surface area (Å²) in [4.78, 5) is 12.2. The highest BCUT2D eigenvalue weighted by atomic mass is 32.2. The molecule has 6 heteroatoms. The molecular weight excluding hydrogens is 300 g/mol. The summed E-state index contributed by atoms with van der Waals surface area (Å²) in [6.45, 7) is 11.4. The molecule has 1 amide bonds. The highest BCUT2D eigenvalue weighted by Crippen LogP contribution is 2.26. The number of rotatable bonds is 6. The van der Waals surface area contributed by atoms with Crippen molar-refractivity contribution in [3.05, 3.63) is 28.3 Å². The number of carbonyl (C=O) groups is 1. The van der Waals surface area contributed by atoms with E-state index in [0.29, 0.717) is 6.54 Å². The third kappa shape index (κ3) is 4.08. The number of sulfonamides is 1. The summed E-state index contributed by atoms with van der Waals surface area (Å²) in [5, 5.41) is 2.69. The summed E-state index contributed by atoms with van der Waals surface area (Å²) in [6.07, 6.45) is 0.806. The van der Waals surface area contributed by atoms with Gasteiger partial charge >= 0.3 is 0 Å². The molecule has 1 atom stereocenters. The molecule has 124 valence electrons. The standard InChI is InChI=1S/C16H26N2O3S/c1-7-8-17-16(19)14(6)18-22(20,21)15-12(4)10(2)9-11(3)13(15)5/h9,14,18H,7-8H2,1-6H3,(H,17,19)/t14-/m1/s1. The van der Waals surface area contributed by atoms with Crippen molar-refractivity contribution in [2.75, 3.05) is 6.54 Å². The first-order valence-corrected chi connectivity index (χ1v) is 8.97. The third-order valence-electron chi connectivity index (χ3n) is 3.84. The van der Waals surface area contributed by atoms with Gasteiger partial charge in [0.25, 0.3) is 0 Å². The fourth-order valence-electron chi connectivity index (χ4n) is 2.33. The summed E-state index contributed by atoms with van der Waals surface area (Å²) < 4.78 is 27.8. The molecule has 0 saturated heterocycles. The van der Waals surface area contributed by atoms with E-state index in [0.717, 1.165) is 28.7 Å². The van der Waals surface area contributed by atoms with E-state index >= 15 is 0 Å². The molecule has 0 unspecified atom stereocenters. The predicted molar refractivity (Wildman–Crippen MR) is 88.5 cm³/mol. The Balaban J connectivity index is 3.13. The number of benzene rings is 1. The molecule has 0 heterocycles. The van der Waals surface area contributed by atoms with Crippen LogP contribution >= 0.6 is 0 Å². The summed E-state index contributed by atoms with van der Waals surface area (Å²) in [5.41, 5.74) is 3.28. The van der Waals surface area contributed by atoms with Crippen LogP contribution in [-0.4, -0.2) is 26.9 Å². The van der Waals surface area contributed by atoms with E-state index < -0.39 is 16.1 Å². The predicted octanol–water partition coefficient (Wildman–Crippen LogP) is 2.11. The SMILES string of the molecule is CCCNC(=O)[C@@H](C)NS(=O)(=O)c1c(C)c(C)cc(C)c1C. The number of hydrogen-bond acceptors (Lipinski definition) is 3. The van der Waals surface area contributed by atoms with Crippen molar-refractivity contribution in [1.82, 2.24) is 10.0 Å². The van der Waals surface area contributed by atoms with E-state index in [-0.39, 0.29) is 10.8 Å². The number of amides is 1. The van der Waals surface area contributed by atoms with Crippen LogP contribution in [0, 0.1) is 27.7 Å². The molecule has 2 N–H and O–H groups in total. The molecule has 1 aromatic rings. The summed E-state index contributed by atoms with van der Waals surface area (Å²) in [5.74, 6) is -0.315. The van der Waals surface area contributed by atoms with E-state index in [4.69, 9.17) is 0 Å². The van der Waals surface area contributed by atoms with Crippen LogP contribution in [0.15, 0.2) is 11.0 Å². The van der Waals surface area contributed by atoms with Crippen molar-refractivity contribution in [3.63, 3.8) is 0 Å². The highest BCUT2D eigenvalue weighted by Gasteiger charge is 2.26. The first-order valence-electron chi connectivity index (χ1n) is 7.49. The van der Waals surface area contributed by atoms with E-state index in [9.17, 15) is 13.2 Å². The van der Waals surface area contributed by atoms with Gasteiger partial charge in [-0.25, -0.2) is 8.42 Å². The fraction of sp³-hybridized carbons (Fsp3) is 0.562. The second kappa shape index (κ2) is 7.24. The Hall–Kier alpha value is -1.40. The Morgan fingerprint density at radius 2 is 1.64 bits per heavy atom. The van der Waals surface area contributed by atoms with Crippen LogP contribution in [0.5, 0.6) is 0 Å². The molecule has 0 aromatic heterocycles. The van der Waals surface area contributed by atoms with E-state index in [1.807, 2.05) is 26.8 Å². The Bertz CT molecular complexity index is 640. The van der Waals surface area contributed by atoms with Crippen molar-refractivity contribution in [2.24, 2.45) is 0 Å². The maximum atomic E-state index is 12.7. The van der Waals surface area contributed by atoms with Gasteiger partial charge in [0.2, 0.25) is 15.9 Å². The maximum Gasteiger partial charge on any atom is 0.241 e. The lowest BCUT2D eigenvalue weighted by atomic mass is 10.0. The molecule has 0 saturated carbocycles. The van der Waals surface area contributed by atoms with Gasteiger partial charge in [-0.3, -0.25) is 4.79 Å². The van der Waals surface area contributed by atoms with Crippen LogP contribution in [-0.2, 0) is 14.8 Å². The molecule has 1 rings (SSSR count). The number of aryl methyl sites for hydroxylation is 2. The largest absolute Gasteiger partial charge is 0.355 e. The molecule has 0 aliphatic rings. The molecule has 0 radical (unpaired) electrons. The maximum absolute atomic E-state index is 12.7. The van der Waals surface area contributed by atoms with Crippen molar-refractivity contribution >= 4 is 15.9 Å². The number of nitrogens with one attached hydrogen (secondary N) is 2. The van der Waals surface area contributed by atoms with Crippen LogP contribution in [0.4, 0.5) is 0 Å². The zero-order chi connectivity index (χ0) is 17.1. The van der Waals surface area contributed by atoms with Gasteiger partial charge in [-0.2, -0.15) is 4.72 Å². The van der Waals surface area contributed by atoms with Crippen molar-refractivity contribution in [2.45, 2.75) is 58.9 Å². The van der Waals surface area contributed by atoms with Crippen molar-refractivity contribution in [3.8, 4) is 0 Å². The topological polar surface area (TPSA) is 75.3 Å². The fourth-order valence-corrected chi connectivity index (χ4v) is 4.15. The molecule has 5 nitrogen and oxygen atoms in total. The summed E-state index contributed by atoms with van der Waals surface area (Å²) >= 11 is 0. The number of hydrogen-bond donors (Lipinski definition) is 2. The molecular formula is C16H26N2O3S. The minimum atomic E-state index is -3.75. The smallest absolute Gasteiger partial charge is 0.241 e. The Morgan fingerprint density at radius 3 is 2.09 bits per heavy atom. The quantitative estimate of drug-likeness (QED) is 0.841. The van der Waals surface area contributed by atoms with Gasteiger partial charge in [-0.05, 0) is 63.3 Å². The van der Waals surface area contributed by atoms with Gasteiger partial charge in [-0.15, -0.1) is 0 Å². The molecule has 0 bridgehead atoms. The first-order chi connectivity index (χ1) is 10.1. The van der Waals surface area contributed by atoms with Crippen LogP contribution in [0.2, 0.25) is 0 Å². The zero-order valence-electron chi connectivity index (χ0n) is 14.2. The lowest BCUT2D eigenvalue weighted by molar-refractivity contribution is -0.122. The third-order valence-corrected chi connectivity index (χ3v) is 5.65. The Labute approximate surface area is 133 Å².